The molecular weight excluding hydrogens is 420 g/mol. The fourth-order valence-electron chi connectivity index (χ4n) is 4.93. The quantitative estimate of drug-likeness (QED) is 0.455. The third-order valence-corrected chi connectivity index (χ3v) is 6.46. The molecule has 33 heavy (non-hydrogen) atoms. The fraction of sp³-hybridized carbons (Fsp3) is 0.500. The summed E-state index contributed by atoms with van der Waals surface area (Å²) in [5, 5.41) is 8.24. The molecule has 1 aromatic heterocycles. The van der Waals surface area contributed by atoms with Crippen molar-refractivity contribution in [2.45, 2.75) is 65.2 Å². The number of aryl methyl sites for hydroxylation is 1. The van der Waals surface area contributed by atoms with E-state index in [1.165, 1.54) is 0 Å². The molecule has 4 rings (SSSR count). The van der Waals surface area contributed by atoms with Crippen LogP contribution in [0.4, 0.5) is 0 Å². The lowest BCUT2D eigenvalue weighted by Gasteiger charge is -2.28. The summed E-state index contributed by atoms with van der Waals surface area (Å²) in [5.74, 6) is -0.692. The minimum Gasteiger partial charge on any atom is -0.396 e. The summed E-state index contributed by atoms with van der Waals surface area (Å²) in [5.41, 5.74) is 2.39. The Labute approximate surface area is 193 Å². The Morgan fingerprint density at radius 2 is 1.94 bits per heavy atom. The van der Waals surface area contributed by atoms with Crippen molar-refractivity contribution in [3.05, 3.63) is 52.9 Å². The van der Waals surface area contributed by atoms with Gasteiger partial charge in [0.1, 0.15) is 29.9 Å². The Hall–Kier alpha value is -3.09. The van der Waals surface area contributed by atoms with E-state index >= 15 is 0 Å². The second-order valence-corrected chi connectivity index (χ2v) is 9.75. The third kappa shape index (κ3) is 4.97. The minimum atomic E-state index is -0.908. The van der Waals surface area contributed by atoms with Crippen LogP contribution < -0.4 is 0 Å². The predicted molar refractivity (Wildman–Crippen MR) is 122 cm³/mol. The van der Waals surface area contributed by atoms with Crippen molar-refractivity contribution in [1.82, 2.24) is 5.16 Å². The van der Waals surface area contributed by atoms with Gasteiger partial charge in [-0.25, -0.2) is 0 Å². The van der Waals surface area contributed by atoms with Gasteiger partial charge in [0.15, 0.2) is 5.78 Å². The molecule has 7 nitrogen and oxygen atoms in total. The van der Waals surface area contributed by atoms with Gasteiger partial charge in [-0.2, -0.15) is 0 Å². The molecular formula is C26H30N2O5. The van der Waals surface area contributed by atoms with Crippen LogP contribution in [0, 0.1) is 11.3 Å². The van der Waals surface area contributed by atoms with E-state index in [0.717, 1.165) is 5.56 Å². The monoisotopic (exact) mass is 450 g/mol. The Morgan fingerprint density at radius 3 is 2.67 bits per heavy atom. The maximum Gasteiger partial charge on any atom is 0.168 e. The normalized spacial score (nSPS) is 23.4. The molecule has 7 heteroatoms. The maximum atomic E-state index is 13.2. The van der Waals surface area contributed by atoms with Crippen LogP contribution in [0.25, 0.3) is 0 Å². The van der Waals surface area contributed by atoms with Crippen LogP contribution in [-0.2, 0) is 27.3 Å². The van der Waals surface area contributed by atoms with Crippen LogP contribution in [0.3, 0.4) is 0 Å². The van der Waals surface area contributed by atoms with Crippen LogP contribution in [0.2, 0.25) is 0 Å². The number of aromatic nitrogens is 1. The smallest absolute Gasteiger partial charge is 0.168 e. The minimum absolute atomic E-state index is 0.00277. The van der Waals surface area contributed by atoms with Gasteiger partial charge in [0.2, 0.25) is 0 Å². The first-order valence-corrected chi connectivity index (χ1v) is 11.6. The Balaban J connectivity index is 1.49. The Kier molecular flexibility index (Phi) is 6.58. The fourth-order valence-corrected chi connectivity index (χ4v) is 4.93. The van der Waals surface area contributed by atoms with Crippen LogP contribution >= 0.6 is 0 Å². The SMILES string of the molecule is CCON=C1CC(c2ccccc2)CC(=O)C1C(=O)CCc1noc2c1C(=O)CC(C)(C)C2. The van der Waals surface area contributed by atoms with E-state index in [2.05, 4.69) is 10.3 Å². The summed E-state index contributed by atoms with van der Waals surface area (Å²) < 4.78 is 5.44. The van der Waals surface area contributed by atoms with E-state index < -0.39 is 5.92 Å². The van der Waals surface area contributed by atoms with Gasteiger partial charge < -0.3 is 9.36 Å². The first kappa shape index (κ1) is 23.1. The molecule has 2 atom stereocenters. The number of hydrogen-bond donors (Lipinski definition) is 0. The molecule has 1 aromatic carbocycles. The van der Waals surface area contributed by atoms with Crippen molar-refractivity contribution in [3.8, 4) is 0 Å². The molecule has 0 spiro atoms. The number of fused-ring (bicyclic) bond motifs is 1. The van der Waals surface area contributed by atoms with Gasteiger partial charge in [-0.05, 0) is 30.2 Å². The number of carbonyl (C=O) groups is 3. The maximum absolute atomic E-state index is 13.2. The number of benzene rings is 1. The van der Waals surface area contributed by atoms with E-state index in [9.17, 15) is 14.4 Å². The highest BCUT2D eigenvalue weighted by Crippen LogP contribution is 2.37. The largest absolute Gasteiger partial charge is 0.396 e. The molecule has 174 valence electrons. The first-order valence-electron chi connectivity index (χ1n) is 11.6. The molecule has 2 aromatic rings. The highest BCUT2D eigenvalue weighted by atomic mass is 16.6. The zero-order valence-corrected chi connectivity index (χ0v) is 19.4. The molecule has 0 radical (unpaired) electrons. The summed E-state index contributed by atoms with van der Waals surface area (Å²) in [6.45, 7) is 6.22. The molecule has 0 amide bonds. The van der Waals surface area contributed by atoms with Crippen molar-refractivity contribution in [1.29, 1.82) is 0 Å². The molecule has 1 heterocycles. The van der Waals surface area contributed by atoms with Crippen LogP contribution in [0.15, 0.2) is 40.0 Å². The summed E-state index contributed by atoms with van der Waals surface area (Å²) in [7, 11) is 0. The molecule has 2 aliphatic rings. The number of rotatable bonds is 7. The molecule has 1 saturated carbocycles. The molecule has 0 N–H and O–H groups in total. The second kappa shape index (κ2) is 9.41. The van der Waals surface area contributed by atoms with Crippen molar-refractivity contribution >= 4 is 23.1 Å². The number of Topliss-reactive ketones (excluding diaryl/α,β-unsaturated/α-hetero) is 3. The topological polar surface area (TPSA) is 98.8 Å². The third-order valence-electron chi connectivity index (χ3n) is 6.46. The summed E-state index contributed by atoms with van der Waals surface area (Å²) >= 11 is 0. The Morgan fingerprint density at radius 1 is 1.18 bits per heavy atom. The average Bonchev–Trinajstić information content (AvgIpc) is 3.18. The zero-order valence-electron chi connectivity index (χ0n) is 19.4. The molecule has 2 aliphatic carbocycles. The summed E-state index contributed by atoms with van der Waals surface area (Å²) in [6.07, 6.45) is 2.21. The molecule has 0 saturated heterocycles. The number of oxime groups is 1. The lowest BCUT2D eigenvalue weighted by Crippen LogP contribution is -2.38. The number of nitrogens with zero attached hydrogens (tertiary/aromatic N) is 2. The van der Waals surface area contributed by atoms with E-state index in [1.54, 1.807) is 0 Å². The van der Waals surface area contributed by atoms with E-state index in [0.29, 0.717) is 55.0 Å². The molecule has 2 unspecified atom stereocenters. The van der Waals surface area contributed by atoms with Crippen molar-refractivity contribution < 1.29 is 23.7 Å². The van der Waals surface area contributed by atoms with Crippen LogP contribution in [-0.4, -0.2) is 34.8 Å². The average molecular weight is 451 g/mol. The van der Waals surface area contributed by atoms with Gasteiger partial charge in [-0.3, -0.25) is 14.4 Å². The summed E-state index contributed by atoms with van der Waals surface area (Å²) in [6, 6.07) is 9.80. The van der Waals surface area contributed by atoms with Gasteiger partial charge in [-0.15, -0.1) is 0 Å². The van der Waals surface area contributed by atoms with Crippen LogP contribution in [0.5, 0.6) is 0 Å². The standard InChI is InChI=1S/C26H30N2O5/c1-4-32-27-19-12-17(16-8-6-5-7-9-16)13-21(30)24(19)20(29)11-10-18-25-22(31)14-26(2,3)15-23(25)33-28-18/h5-9,17,24H,4,10-15H2,1-3H3. The first-order chi connectivity index (χ1) is 15.8. The highest BCUT2D eigenvalue weighted by Gasteiger charge is 2.40. The van der Waals surface area contributed by atoms with E-state index in [1.807, 2.05) is 51.1 Å². The van der Waals surface area contributed by atoms with E-state index in [-0.39, 0.29) is 41.5 Å². The predicted octanol–water partition coefficient (Wildman–Crippen LogP) is 4.49. The van der Waals surface area contributed by atoms with Gasteiger partial charge >= 0.3 is 0 Å². The van der Waals surface area contributed by atoms with Crippen molar-refractivity contribution in [3.63, 3.8) is 0 Å². The zero-order chi connectivity index (χ0) is 23.6. The van der Waals surface area contributed by atoms with Crippen molar-refractivity contribution in [2.75, 3.05) is 6.61 Å². The lowest BCUT2D eigenvalue weighted by atomic mass is 9.74. The summed E-state index contributed by atoms with van der Waals surface area (Å²) in [4.78, 5) is 44.1. The van der Waals surface area contributed by atoms with E-state index in [4.69, 9.17) is 9.36 Å². The number of hydrogen-bond acceptors (Lipinski definition) is 7. The molecule has 1 fully saturated rings. The van der Waals surface area contributed by atoms with Gasteiger partial charge in [0.05, 0.1) is 17.0 Å². The highest BCUT2D eigenvalue weighted by molar-refractivity contribution is 6.22. The van der Waals surface area contributed by atoms with Gasteiger partial charge in [0.25, 0.3) is 0 Å². The van der Waals surface area contributed by atoms with Gasteiger partial charge in [0, 0.05) is 32.1 Å². The number of ketones is 3. The number of carbonyl (C=O) groups excluding carboxylic acids is 3. The lowest BCUT2D eigenvalue weighted by molar-refractivity contribution is -0.130. The van der Waals surface area contributed by atoms with Crippen molar-refractivity contribution in [2.24, 2.45) is 16.5 Å². The Bertz CT molecular complexity index is 1080. The second-order valence-electron chi connectivity index (χ2n) is 9.75. The molecule has 0 aliphatic heterocycles. The van der Waals surface area contributed by atoms with Gasteiger partial charge in [-0.1, -0.05) is 54.5 Å². The molecule has 0 bridgehead atoms. The van der Waals surface area contributed by atoms with Crippen LogP contribution in [0.1, 0.15) is 79.7 Å².